The van der Waals surface area contributed by atoms with E-state index in [0.717, 1.165) is 0 Å². The molecule has 29 heavy (non-hydrogen) atoms. The Hall–Kier alpha value is -3.52. The zero-order valence-electron chi connectivity index (χ0n) is 15.7. The summed E-state index contributed by atoms with van der Waals surface area (Å²) in [4.78, 5) is 13.0. The van der Waals surface area contributed by atoms with Crippen molar-refractivity contribution >= 4 is 28.2 Å². The van der Waals surface area contributed by atoms with Crippen LogP contribution < -0.4 is 31.3 Å². The van der Waals surface area contributed by atoms with Crippen LogP contribution in [0.15, 0.2) is 63.1 Å². The van der Waals surface area contributed by atoms with Gasteiger partial charge in [0.15, 0.2) is 23.1 Å². The van der Waals surface area contributed by atoms with E-state index in [9.17, 15) is 4.79 Å². The van der Waals surface area contributed by atoms with Crippen LogP contribution in [-0.2, 0) is 0 Å². The molecule has 0 amide bonds. The van der Waals surface area contributed by atoms with Crippen molar-refractivity contribution in [1.82, 2.24) is 0 Å². The van der Waals surface area contributed by atoms with Gasteiger partial charge in [-0.15, -0.1) is 0 Å². The summed E-state index contributed by atoms with van der Waals surface area (Å²) in [5.41, 5.74) is 13.3. The second kappa shape index (κ2) is 7.14. The van der Waals surface area contributed by atoms with Gasteiger partial charge >= 0.3 is 5.63 Å². The second-order valence-corrected chi connectivity index (χ2v) is 6.86. The van der Waals surface area contributed by atoms with Crippen LogP contribution in [0.2, 0.25) is 0 Å². The molecule has 0 bridgehead atoms. The molecule has 0 spiro atoms. The molecule has 3 aromatic rings. The van der Waals surface area contributed by atoms with Crippen LogP contribution in [0.4, 0.5) is 0 Å². The molecular weight excluding hydrogens is 392 g/mol. The van der Waals surface area contributed by atoms with E-state index in [2.05, 4.69) is 0 Å². The molecule has 4 N–H and O–H groups in total. The molecule has 2 heterocycles. The fourth-order valence-corrected chi connectivity index (χ4v) is 3.79. The SMILES string of the molecule is COc1ccc(C2C(C(N)=S)=C(N)Oc3c2c(=O)oc2ccccc32)cc1OC. The molecule has 8 heteroatoms. The molecule has 0 saturated heterocycles. The fourth-order valence-electron chi connectivity index (χ4n) is 3.58. The number of thiocarbonyl (C=S) groups is 1. The van der Waals surface area contributed by atoms with Crippen molar-refractivity contribution in [2.45, 2.75) is 5.92 Å². The van der Waals surface area contributed by atoms with Gasteiger partial charge < -0.3 is 30.1 Å². The summed E-state index contributed by atoms with van der Waals surface area (Å²) in [5.74, 6) is 0.721. The molecule has 1 aliphatic heterocycles. The van der Waals surface area contributed by atoms with Gasteiger partial charge in [0.05, 0.1) is 36.7 Å². The van der Waals surface area contributed by atoms with Crippen LogP contribution in [-0.4, -0.2) is 19.2 Å². The largest absolute Gasteiger partial charge is 0.493 e. The molecule has 1 atom stereocenters. The number of fused-ring (bicyclic) bond motifs is 3. The highest BCUT2D eigenvalue weighted by molar-refractivity contribution is 7.80. The minimum atomic E-state index is -0.683. The highest BCUT2D eigenvalue weighted by Gasteiger charge is 2.36. The Morgan fingerprint density at radius 2 is 1.83 bits per heavy atom. The molecular formula is C21H18N2O5S. The maximum atomic E-state index is 13.0. The smallest absolute Gasteiger partial charge is 0.344 e. The van der Waals surface area contributed by atoms with Gasteiger partial charge in [-0.2, -0.15) is 0 Å². The number of rotatable bonds is 4. The zero-order chi connectivity index (χ0) is 20.7. The standard InChI is InChI=1S/C21H18N2O5S/c1-25-13-8-7-10(9-14(13)26-2)15-16-18(28-19(22)17(15)20(23)29)11-5-3-4-6-12(11)27-21(16)24/h3-9,15H,22H2,1-2H3,(H2,23,29). The summed E-state index contributed by atoms with van der Waals surface area (Å²) < 4.78 is 22.1. The molecule has 4 rings (SSSR count). The van der Waals surface area contributed by atoms with Gasteiger partial charge in [-0.25, -0.2) is 4.79 Å². The van der Waals surface area contributed by atoms with Crippen LogP contribution >= 0.6 is 12.2 Å². The lowest BCUT2D eigenvalue weighted by atomic mass is 9.83. The third kappa shape index (κ3) is 2.98. The van der Waals surface area contributed by atoms with E-state index >= 15 is 0 Å². The van der Waals surface area contributed by atoms with E-state index in [1.807, 2.05) is 6.07 Å². The van der Waals surface area contributed by atoms with Gasteiger partial charge in [0.1, 0.15) is 10.6 Å². The Labute approximate surface area is 171 Å². The van der Waals surface area contributed by atoms with E-state index in [1.165, 1.54) is 7.11 Å². The summed E-state index contributed by atoms with van der Waals surface area (Å²) in [6.07, 6.45) is 0. The molecule has 0 saturated carbocycles. The number of benzene rings is 2. The minimum Gasteiger partial charge on any atom is -0.493 e. The average Bonchev–Trinajstić information content (AvgIpc) is 2.72. The molecule has 1 aliphatic rings. The normalized spacial score (nSPS) is 15.6. The third-order valence-corrected chi connectivity index (χ3v) is 5.08. The lowest BCUT2D eigenvalue weighted by Gasteiger charge is -2.28. The van der Waals surface area contributed by atoms with E-state index in [4.69, 9.17) is 42.3 Å². The Morgan fingerprint density at radius 3 is 2.52 bits per heavy atom. The predicted molar refractivity (Wildman–Crippen MR) is 112 cm³/mol. The summed E-state index contributed by atoms with van der Waals surface area (Å²) in [5, 5.41) is 0.623. The van der Waals surface area contributed by atoms with Crippen molar-refractivity contribution in [3.8, 4) is 17.2 Å². The average molecular weight is 410 g/mol. The Kier molecular flexibility index (Phi) is 4.63. The number of hydrogen-bond donors (Lipinski definition) is 2. The summed E-state index contributed by atoms with van der Waals surface area (Å²) in [7, 11) is 3.07. The number of methoxy groups -OCH3 is 2. The van der Waals surface area contributed by atoms with Gasteiger partial charge in [0, 0.05) is 0 Å². The van der Waals surface area contributed by atoms with E-state index < -0.39 is 11.5 Å². The zero-order valence-corrected chi connectivity index (χ0v) is 16.5. The van der Waals surface area contributed by atoms with Gasteiger partial charge in [-0.3, -0.25) is 0 Å². The molecule has 2 aromatic carbocycles. The first kappa shape index (κ1) is 18.8. The number of nitrogens with two attached hydrogens (primary N) is 2. The van der Waals surface area contributed by atoms with Crippen molar-refractivity contribution in [2.75, 3.05) is 14.2 Å². The first-order valence-corrected chi connectivity index (χ1v) is 9.12. The molecule has 1 unspecified atom stereocenters. The minimum absolute atomic E-state index is 0.0282. The van der Waals surface area contributed by atoms with Crippen LogP contribution in [0.1, 0.15) is 17.0 Å². The van der Waals surface area contributed by atoms with Crippen molar-refractivity contribution < 1.29 is 18.6 Å². The number of ether oxygens (including phenoxy) is 3. The van der Waals surface area contributed by atoms with Crippen molar-refractivity contribution in [1.29, 1.82) is 0 Å². The molecule has 148 valence electrons. The maximum Gasteiger partial charge on any atom is 0.344 e. The van der Waals surface area contributed by atoms with Gasteiger partial charge in [-0.1, -0.05) is 30.4 Å². The third-order valence-electron chi connectivity index (χ3n) is 4.86. The Morgan fingerprint density at radius 1 is 1.10 bits per heavy atom. The second-order valence-electron chi connectivity index (χ2n) is 6.42. The van der Waals surface area contributed by atoms with E-state index in [-0.39, 0.29) is 16.4 Å². The summed E-state index contributed by atoms with van der Waals surface area (Å²) >= 11 is 5.22. The molecule has 0 aliphatic carbocycles. The van der Waals surface area contributed by atoms with E-state index in [1.54, 1.807) is 43.5 Å². The highest BCUT2D eigenvalue weighted by atomic mass is 32.1. The molecule has 7 nitrogen and oxygen atoms in total. The quantitative estimate of drug-likeness (QED) is 0.499. The summed E-state index contributed by atoms with van der Waals surface area (Å²) in [6, 6.07) is 12.3. The number of hydrogen-bond acceptors (Lipinski definition) is 7. The lowest BCUT2D eigenvalue weighted by Crippen LogP contribution is -2.32. The molecule has 0 fully saturated rings. The van der Waals surface area contributed by atoms with Crippen LogP contribution in [0.3, 0.4) is 0 Å². The first-order chi connectivity index (χ1) is 14.0. The predicted octanol–water partition coefficient (Wildman–Crippen LogP) is 2.79. The maximum absolute atomic E-state index is 13.0. The van der Waals surface area contributed by atoms with Crippen molar-refractivity contribution in [2.24, 2.45) is 11.5 Å². The van der Waals surface area contributed by atoms with Crippen molar-refractivity contribution in [3.05, 3.63) is 75.5 Å². The monoisotopic (exact) mass is 410 g/mol. The van der Waals surface area contributed by atoms with Gasteiger partial charge in [0.2, 0.25) is 0 Å². The van der Waals surface area contributed by atoms with Crippen LogP contribution in [0.5, 0.6) is 17.2 Å². The highest BCUT2D eigenvalue weighted by Crippen LogP contribution is 2.45. The van der Waals surface area contributed by atoms with Gasteiger partial charge in [-0.05, 0) is 29.8 Å². The first-order valence-electron chi connectivity index (χ1n) is 8.71. The van der Waals surface area contributed by atoms with Crippen LogP contribution in [0.25, 0.3) is 11.0 Å². The summed E-state index contributed by atoms with van der Waals surface area (Å²) in [6.45, 7) is 0. The van der Waals surface area contributed by atoms with Crippen molar-refractivity contribution in [3.63, 3.8) is 0 Å². The fraction of sp³-hybridized carbons (Fsp3) is 0.143. The topological polar surface area (TPSA) is 110 Å². The number of para-hydroxylation sites is 1. The molecule has 1 aromatic heterocycles. The Bertz CT molecular complexity index is 1230. The molecule has 0 radical (unpaired) electrons. The van der Waals surface area contributed by atoms with E-state index in [0.29, 0.717) is 39.4 Å². The lowest BCUT2D eigenvalue weighted by molar-refractivity contribution is 0.354. The van der Waals surface area contributed by atoms with Gasteiger partial charge in [0.25, 0.3) is 0 Å². The Balaban J connectivity index is 2.06. The van der Waals surface area contributed by atoms with Crippen LogP contribution in [0, 0.1) is 0 Å².